The largest absolute Gasteiger partial charge is 0.478 e. The van der Waals surface area contributed by atoms with E-state index >= 15 is 0 Å². The van der Waals surface area contributed by atoms with Gasteiger partial charge in [0.2, 0.25) is 0 Å². The Morgan fingerprint density at radius 3 is 2.53 bits per heavy atom. The Labute approximate surface area is 207 Å². The second-order valence-electron chi connectivity index (χ2n) is 8.54. The maximum absolute atomic E-state index is 11.4. The molecule has 1 aliphatic heterocycles. The van der Waals surface area contributed by atoms with Crippen molar-refractivity contribution in [2.45, 2.75) is 0 Å². The summed E-state index contributed by atoms with van der Waals surface area (Å²) in [4.78, 5) is 23.4. The lowest BCUT2D eigenvalue weighted by Crippen LogP contribution is -2.36. The quantitative estimate of drug-likeness (QED) is 0.394. The van der Waals surface area contributed by atoms with E-state index in [2.05, 4.69) is 16.1 Å². The number of aromatic carboxylic acids is 1. The fraction of sp³-hybridized carbons (Fsp3) is 0.143. The van der Waals surface area contributed by atoms with Gasteiger partial charge >= 0.3 is 5.97 Å². The van der Waals surface area contributed by atoms with E-state index in [0.29, 0.717) is 13.2 Å². The van der Waals surface area contributed by atoms with Crippen molar-refractivity contribution >= 4 is 40.4 Å². The van der Waals surface area contributed by atoms with Crippen LogP contribution in [0, 0.1) is 0 Å². The third-order valence-corrected chi connectivity index (χ3v) is 6.31. The highest BCUT2D eigenvalue weighted by Gasteiger charge is 2.20. The molecule has 0 spiro atoms. The summed E-state index contributed by atoms with van der Waals surface area (Å²) in [5.74, 6) is -0.963. The molecule has 0 atom stereocenters. The maximum Gasteiger partial charge on any atom is 0.335 e. The molecule has 0 amide bonds. The zero-order valence-corrected chi connectivity index (χ0v) is 19.4. The molecular weight excluding hydrogens is 454 g/mol. The third-order valence-electron chi connectivity index (χ3n) is 6.31. The van der Waals surface area contributed by atoms with E-state index in [4.69, 9.17) is 14.7 Å². The van der Waals surface area contributed by atoms with Crippen LogP contribution in [-0.2, 0) is 4.74 Å². The smallest absolute Gasteiger partial charge is 0.335 e. The molecule has 0 saturated carbocycles. The van der Waals surface area contributed by atoms with E-state index in [1.54, 1.807) is 30.5 Å². The molecule has 1 aliphatic rings. The predicted octanol–water partition coefficient (Wildman–Crippen LogP) is 4.65. The molecule has 3 aromatic heterocycles. The van der Waals surface area contributed by atoms with Crippen molar-refractivity contribution in [3.63, 3.8) is 0 Å². The number of rotatable bonds is 5. The molecule has 1 N–H and O–H groups in total. The first kappa shape index (κ1) is 21.9. The summed E-state index contributed by atoms with van der Waals surface area (Å²) in [6.07, 6.45) is 5.65. The van der Waals surface area contributed by atoms with Crippen LogP contribution in [0.5, 0.6) is 0 Å². The molecule has 1 saturated heterocycles. The number of nitrogens with zero attached hydrogens (tertiary/aromatic N) is 5. The average Bonchev–Trinajstić information content (AvgIpc) is 3.31. The Kier molecular flexibility index (Phi) is 5.63. The molecule has 36 heavy (non-hydrogen) atoms. The number of aromatic nitrogens is 4. The number of hydrogen-bond acceptors (Lipinski definition) is 6. The van der Waals surface area contributed by atoms with Crippen molar-refractivity contribution in [1.82, 2.24) is 19.6 Å². The van der Waals surface area contributed by atoms with Crippen molar-refractivity contribution in [3.05, 3.63) is 89.9 Å². The molecule has 2 aromatic carbocycles. The lowest BCUT2D eigenvalue weighted by molar-refractivity contribution is 0.0697. The molecular formula is C28H23N5O3. The molecule has 1 fully saturated rings. The third kappa shape index (κ3) is 4.08. The van der Waals surface area contributed by atoms with Crippen molar-refractivity contribution in [1.29, 1.82) is 0 Å². The van der Waals surface area contributed by atoms with E-state index in [0.717, 1.165) is 58.0 Å². The number of pyridine rings is 1. The van der Waals surface area contributed by atoms with Crippen LogP contribution in [0.3, 0.4) is 0 Å². The number of fused-ring (bicyclic) bond motifs is 2. The summed E-state index contributed by atoms with van der Waals surface area (Å²) in [5.41, 5.74) is 6.03. The number of imidazole rings is 1. The number of carbonyl (C=O) groups is 1. The number of carboxylic acids is 1. The molecule has 8 nitrogen and oxygen atoms in total. The summed E-state index contributed by atoms with van der Waals surface area (Å²) >= 11 is 0. The maximum atomic E-state index is 11.4. The fourth-order valence-electron chi connectivity index (χ4n) is 4.50. The highest BCUT2D eigenvalue weighted by Crippen LogP contribution is 2.31. The van der Waals surface area contributed by atoms with Gasteiger partial charge < -0.3 is 14.7 Å². The zero-order chi connectivity index (χ0) is 24.5. The Morgan fingerprint density at radius 2 is 1.72 bits per heavy atom. The molecule has 0 aliphatic carbocycles. The van der Waals surface area contributed by atoms with Gasteiger partial charge in [0.1, 0.15) is 5.69 Å². The number of anilines is 1. The van der Waals surface area contributed by atoms with E-state index in [9.17, 15) is 9.90 Å². The first-order valence-corrected chi connectivity index (χ1v) is 11.8. The Hall–Kier alpha value is -4.56. The van der Waals surface area contributed by atoms with Crippen molar-refractivity contribution in [2.75, 3.05) is 31.2 Å². The summed E-state index contributed by atoms with van der Waals surface area (Å²) < 4.78 is 7.36. The van der Waals surface area contributed by atoms with Gasteiger partial charge in [-0.3, -0.25) is 0 Å². The first-order chi connectivity index (χ1) is 17.7. The number of morpholine rings is 1. The fourth-order valence-corrected chi connectivity index (χ4v) is 4.50. The topological polar surface area (TPSA) is 92.8 Å². The second-order valence-corrected chi connectivity index (χ2v) is 8.54. The Balaban J connectivity index is 1.48. The zero-order valence-electron chi connectivity index (χ0n) is 19.4. The van der Waals surface area contributed by atoms with E-state index in [1.165, 1.54) is 0 Å². The Morgan fingerprint density at radius 1 is 0.917 bits per heavy atom. The Bertz CT molecular complexity index is 1600. The number of para-hydroxylation sites is 1. The molecule has 0 bridgehead atoms. The first-order valence-electron chi connectivity index (χ1n) is 11.8. The lowest BCUT2D eigenvalue weighted by Gasteiger charge is -2.28. The van der Waals surface area contributed by atoms with Gasteiger partial charge in [0.05, 0.1) is 47.6 Å². The van der Waals surface area contributed by atoms with Gasteiger partial charge in [-0.25, -0.2) is 19.3 Å². The van der Waals surface area contributed by atoms with Crippen molar-refractivity contribution in [2.24, 2.45) is 0 Å². The number of benzene rings is 2. The minimum absolute atomic E-state index is 0.229. The highest BCUT2D eigenvalue weighted by molar-refractivity contribution is 5.89. The van der Waals surface area contributed by atoms with E-state index < -0.39 is 5.97 Å². The van der Waals surface area contributed by atoms with Gasteiger partial charge in [0.15, 0.2) is 5.65 Å². The molecule has 5 aromatic rings. The molecule has 4 heterocycles. The molecule has 0 radical (unpaired) electrons. The lowest BCUT2D eigenvalue weighted by atomic mass is 10.1. The average molecular weight is 478 g/mol. The minimum atomic E-state index is -0.963. The van der Waals surface area contributed by atoms with E-state index in [1.807, 2.05) is 53.1 Å². The summed E-state index contributed by atoms with van der Waals surface area (Å²) in [5, 5.41) is 15.0. The van der Waals surface area contributed by atoms with Crippen molar-refractivity contribution < 1.29 is 14.6 Å². The van der Waals surface area contributed by atoms with Crippen LogP contribution in [0.2, 0.25) is 0 Å². The molecule has 178 valence electrons. The monoisotopic (exact) mass is 477 g/mol. The van der Waals surface area contributed by atoms with Crippen LogP contribution in [-0.4, -0.2) is 57.0 Å². The van der Waals surface area contributed by atoms with E-state index in [-0.39, 0.29) is 5.56 Å². The summed E-state index contributed by atoms with van der Waals surface area (Å²) in [6.45, 7) is 2.89. The van der Waals surface area contributed by atoms with Crippen LogP contribution < -0.4 is 4.90 Å². The van der Waals surface area contributed by atoms with Crippen LogP contribution in [0.1, 0.15) is 21.7 Å². The van der Waals surface area contributed by atoms with Crippen LogP contribution in [0.15, 0.2) is 72.9 Å². The molecule has 8 heteroatoms. The highest BCUT2D eigenvalue weighted by atomic mass is 16.5. The summed E-state index contributed by atoms with van der Waals surface area (Å²) in [6, 6.07) is 20.8. The normalized spacial score (nSPS) is 14.2. The number of hydrogen-bond donors (Lipinski definition) is 1. The standard InChI is InChI=1S/C28H23N5O3/c34-28(35)21-7-5-20(6-8-21)26-24(12-11-22-10-9-19-3-1-2-4-23(19)30-22)31-27-25(13-14-29-33(26)27)32-15-17-36-18-16-32/h1-14H,15-18H2,(H,34,35). The van der Waals surface area contributed by atoms with Gasteiger partial charge in [-0.05, 0) is 42.5 Å². The predicted molar refractivity (Wildman–Crippen MR) is 139 cm³/mol. The second kappa shape index (κ2) is 9.24. The van der Waals surface area contributed by atoms with Gasteiger partial charge in [-0.15, -0.1) is 0 Å². The molecule has 0 unspecified atom stereocenters. The van der Waals surface area contributed by atoms with Gasteiger partial charge in [0, 0.05) is 24.0 Å². The molecule has 6 rings (SSSR count). The minimum Gasteiger partial charge on any atom is -0.478 e. The van der Waals surface area contributed by atoms with Crippen molar-refractivity contribution in [3.8, 4) is 11.3 Å². The van der Waals surface area contributed by atoms with Gasteiger partial charge in [0.25, 0.3) is 0 Å². The summed E-state index contributed by atoms with van der Waals surface area (Å²) in [7, 11) is 0. The van der Waals surface area contributed by atoms with Crippen LogP contribution in [0.25, 0.3) is 40.0 Å². The van der Waals surface area contributed by atoms with Gasteiger partial charge in [-0.2, -0.15) is 5.10 Å². The SMILES string of the molecule is O=C(O)c1ccc(-c2c(C=Cc3ccc4ccccc4n3)nc3c(N4CCOCC4)ccnn23)cc1. The number of carboxylic acid groups (broad SMARTS) is 1. The van der Waals surface area contributed by atoms with Gasteiger partial charge in [-0.1, -0.05) is 36.4 Å². The number of ether oxygens (including phenoxy) is 1. The van der Waals surface area contributed by atoms with Crippen LogP contribution in [0.4, 0.5) is 5.69 Å². The van der Waals surface area contributed by atoms with Crippen LogP contribution >= 0.6 is 0 Å².